The fourth-order valence-electron chi connectivity index (χ4n) is 1.51. The lowest BCUT2D eigenvalue weighted by Gasteiger charge is -2.10. The molecule has 0 atom stereocenters. The van der Waals surface area contributed by atoms with E-state index >= 15 is 0 Å². The van der Waals surface area contributed by atoms with Crippen molar-refractivity contribution in [3.8, 4) is 0 Å². The van der Waals surface area contributed by atoms with Gasteiger partial charge in [0, 0.05) is 5.75 Å². The third-order valence-corrected chi connectivity index (χ3v) is 2.84. The van der Waals surface area contributed by atoms with E-state index in [1.165, 1.54) is 17.1 Å². The number of thioether (sulfide) groups is 1. The predicted molar refractivity (Wildman–Crippen MR) is 64.3 cm³/mol. The summed E-state index contributed by atoms with van der Waals surface area (Å²) in [5.41, 5.74) is 1.48. The quantitative estimate of drug-likeness (QED) is 0.809. The normalized spacial score (nSPS) is 15.5. The number of benzene rings is 1. The Morgan fingerprint density at radius 1 is 1.44 bits per heavy atom. The van der Waals surface area contributed by atoms with E-state index in [0.29, 0.717) is 12.1 Å². The Bertz CT molecular complexity index is 430. The summed E-state index contributed by atoms with van der Waals surface area (Å²) in [7, 11) is 0. The molecule has 0 spiro atoms. The van der Waals surface area contributed by atoms with Gasteiger partial charge in [0.15, 0.2) is 0 Å². The van der Waals surface area contributed by atoms with Crippen LogP contribution in [0.2, 0.25) is 0 Å². The zero-order chi connectivity index (χ0) is 11.5. The van der Waals surface area contributed by atoms with E-state index in [-0.39, 0.29) is 11.7 Å². The number of hydrogen-bond acceptors (Lipinski definition) is 3. The van der Waals surface area contributed by atoms with Gasteiger partial charge in [0.1, 0.15) is 5.82 Å². The Morgan fingerprint density at radius 2 is 2.12 bits per heavy atom. The first-order valence-corrected chi connectivity index (χ1v) is 6.24. The van der Waals surface area contributed by atoms with E-state index in [0.717, 1.165) is 11.5 Å². The number of anilines is 1. The molecule has 2 rings (SSSR count). The molecule has 0 bridgehead atoms. The molecule has 0 N–H and O–H groups in total. The average molecular weight is 238 g/mol. The summed E-state index contributed by atoms with van der Waals surface area (Å²) in [4.78, 5) is 11.7. The third-order valence-electron chi connectivity index (χ3n) is 2.22. The standard InChI is InChI=1S/C11H11FN2OS/c1-16-7-9-6-11(15)14(13-9)10-4-2-8(12)3-5-10/h2-5H,6-7H2,1H3. The molecule has 84 valence electrons. The molecule has 1 heterocycles. The van der Waals surface area contributed by atoms with E-state index in [1.54, 1.807) is 23.9 Å². The summed E-state index contributed by atoms with van der Waals surface area (Å²) in [5, 5.41) is 5.55. The van der Waals surface area contributed by atoms with E-state index in [4.69, 9.17) is 0 Å². The van der Waals surface area contributed by atoms with Gasteiger partial charge >= 0.3 is 0 Å². The van der Waals surface area contributed by atoms with Crippen LogP contribution in [-0.2, 0) is 4.79 Å². The van der Waals surface area contributed by atoms with E-state index in [2.05, 4.69) is 5.10 Å². The maximum absolute atomic E-state index is 12.7. The number of rotatable bonds is 3. The minimum Gasteiger partial charge on any atom is -0.272 e. The van der Waals surface area contributed by atoms with Crippen molar-refractivity contribution in [2.45, 2.75) is 6.42 Å². The van der Waals surface area contributed by atoms with Gasteiger partial charge in [-0.3, -0.25) is 4.79 Å². The SMILES string of the molecule is CSCC1=NN(c2ccc(F)cc2)C(=O)C1. The highest BCUT2D eigenvalue weighted by Crippen LogP contribution is 2.21. The van der Waals surface area contributed by atoms with Crippen molar-refractivity contribution >= 4 is 29.1 Å². The largest absolute Gasteiger partial charge is 0.272 e. The van der Waals surface area contributed by atoms with Gasteiger partial charge < -0.3 is 0 Å². The van der Waals surface area contributed by atoms with Crippen LogP contribution in [-0.4, -0.2) is 23.6 Å². The van der Waals surface area contributed by atoms with Crippen molar-refractivity contribution in [2.24, 2.45) is 5.10 Å². The lowest BCUT2D eigenvalue weighted by atomic mass is 10.3. The second kappa shape index (κ2) is 4.65. The number of nitrogens with zero attached hydrogens (tertiary/aromatic N) is 2. The fraction of sp³-hybridized carbons (Fsp3) is 0.273. The predicted octanol–water partition coefficient (Wildman–Crippen LogP) is 2.28. The number of hydrogen-bond donors (Lipinski definition) is 0. The number of carbonyl (C=O) groups excluding carboxylic acids is 1. The van der Waals surface area contributed by atoms with Gasteiger partial charge in [-0.1, -0.05) is 0 Å². The zero-order valence-electron chi connectivity index (χ0n) is 8.81. The van der Waals surface area contributed by atoms with Crippen molar-refractivity contribution in [3.05, 3.63) is 30.1 Å². The third kappa shape index (κ3) is 2.24. The minimum absolute atomic E-state index is 0.0596. The van der Waals surface area contributed by atoms with Gasteiger partial charge in [0.05, 0.1) is 17.8 Å². The topological polar surface area (TPSA) is 32.7 Å². The van der Waals surface area contributed by atoms with Crippen molar-refractivity contribution in [1.82, 2.24) is 0 Å². The highest BCUT2D eigenvalue weighted by molar-refractivity contribution is 7.99. The molecule has 3 nitrogen and oxygen atoms in total. The van der Waals surface area contributed by atoms with Gasteiger partial charge in [-0.15, -0.1) is 0 Å². The van der Waals surface area contributed by atoms with Crippen LogP contribution in [0, 0.1) is 5.82 Å². The van der Waals surface area contributed by atoms with Gasteiger partial charge in [-0.05, 0) is 30.5 Å². The number of amides is 1. The van der Waals surface area contributed by atoms with E-state index in [9.17, 15) is 9.18 Å². The van der Waals surface area contributed by atoms with Gasteiger partial charge in [0.25, 0.3) is 5.91 Å². The first kappa shape index (κ1) is 11.1. The molecular weight excluding hydrogens is 227 g/mol. The van der Waals surface area contributed by atoms with Crippen LogP contribution in [0.4, 0.5) is 10.1 Å². The molecule has 0 radical (unpaired) electrons. The summed E-state index contributed by atoms with van der Waals surface area (Å²) in [6.07, 6.45) is 2.33. The minimum atomic E-state index is -0.316. The van der Waals surface area contributed by atoms with Crippen molar-refractivity contribution < 1.29 is 9.18 Å². The average Bonchev–Trinajstić information content (AvgIpc) is 2.61. The molecule has 1 aliphatic rings. The summed E-state index contributed by atoms with van der Waals surface area (Å²) in [6.45, 7) is 0. The molecule has 0 aromatic heterocycles. The Morgan fingerprint density at radius 3 is 2.75 bits per heavy atom. The smallest absolute Gasteiger partial charge is 0.253 e. The number of hydrazone groups is 1. The fourth-order valence-corrected chi connectivity index (χ4v) is 2.01. The Labute approximate surface area is 97.3 Å². The Balaban J connectivity index is 2.21. The number of carbonyl (C=O) groups is 1. The molecule has 0 saturated carbocycles. The van der Waals surface area contributed by atoms with Crippen LogP contribution in [0.15, 0.2) is 29.4 Å². The van der Waals surface area contributed by atoms with Crippen molar-refractivity contribution in [3.63, 3.8) is 0 Å². The molecule has 16 heavy (non-hydrogen) atoms. The Kier molecular flexibility index (Phi) is 3.24. The van der Waals surface area contributed by atoms with E-state index < -0.39 is 0 Å². The van der Waals surface area contributed by atoms with Crippen LogP contribution in [0.1, 0.15) is 6.42 Å². The van der Waals surface area contributed by atoms with Gasteiger partial charge in [-0.2, -0.15) is 16.9 Å². The molecule has 0 unspecified atom stereocenters. The van der Waals surface area contributed by atoms with Crippen LogP contribution >= 0.6 is 11.8 Å². The molecule has 1 amide bonds. The van der Waals surface area contributed by atoms with Crippen molar-refractivity contribution in [2.75, 3.05) is 17.0 Å². The first-order chi connectivity index (χ1) is 7.70. The lowest BCUT2D eigenvalue weighted by molar-refractivity contribution is -0.116. The number of halogens is 1. The summed E-state index contributed by atoms with van der Waals surface area (Å²) >= 11 is 1.63. The van der Waals surface area contributed by atoms with Gasteiger partial charge in [-0.25, -0.2) is 9.40 Å². The molecule has 1 aromatic rings. The van der Waals surface area contributed by atoms with Crippen LogP contribution in [0.5, 0.6) is 0 Å². The molecule has 1 aromatic carbocycles. The van der Waals surface area contributed by atoms with Crippen LogP contribution in [0.3, 0.4) is 0 Å². The molecule has 5 heteroatoms. The second-order valence-corrected chi connectivity index (χ2v) is 4.32. The monoisotopic (exact) mass is 238 g/mol. The Hall–Kier alpha value is -1.36. The maximum Gasteiger partial charge on any atom is 0.253 e. The van der Waals surface area contributed by atoms with E-state index in [1.807, 2.05) is 6.26 Å². The summed E-state index contributed by atoms with van der Waals surface area (Å²) in [5.74, 6) is 0.378. The summed E-state index contributed by atoms with van der Waals surface area (Å²) < 4.78 is 12.7. The molecule has 0 saturated heterocycles. The highest BCUT2D eigenvalue weighted by Gasteiger charge is 2.24. The molecule has 1 aliphatic heterocycles. The molecular formula is C11H11FN2OS. The highest BCUT2D eigenvalue weighted by atomic mass is 32.2. The second-order valence-electron chi connectivity index (χ2n) is 3.46. The lowest BCUT2D eigenvalue weighted by Crippen LogP contribution is -2.19. The zero-order valence-corrected chi connectivity index (χ0v) is 9.63. The molecule has 0 fully saturated rings. The first-order valence-electron chi connectivity index (χ1n) is 4.84. The van der Waals surface area contributed by atoms with Crippen molar-refractivity contribution in [1.29, 1.82) is 0 Å². The van der Waals surface area contributed by atoms with Gasteiger partial charge in [0.2, 0.25) is 0 Å². The summed E-state index contributed by atoms with van der Waals surface area (Å²) in [6, 6.07) is 5.76. The van der Waals surface area contributed by atoms with Crippen LogP contribution in [0.25, 0.3) is 0 Å². The molecule has 0 aliphatic carbocycles. The maximum atomic E-state index is 12.7. The van der Waals surface area contributed by atoms with Crippen LogP contribution < -0.4 is 5.01 Å².